The Morgan fingerprint density at radius 3 is 2.50 bits per heavy atom. The van der Waals surface area contributed by atoms with Crippen LogP contribution in [0.2, 0.25) is 0 Å². The summed E-state index contributed by atoms with van der Waals surface area (Å²) in [5, 5.41) is 5.37. The molecular formula is C18H21NO. The highest BCUT2D eigenvalue weighted by molar-refractivity contribution is 6.07. The van der Waals surface area contributed by atoms with Gasteiger partial charge in [-0.15, -0.1) is 0 Å². The zero-order chi connectivity index (χ0) is 13.9. The fourth-order valence-corrected chi connectivity index (χ4v) is 3.09. The maximum atomic E-state index is 12.5. The molecule has 1 N–H and O–H groups in total. The zero-order valence-electron chi connectivity index (χ0n) is 11.9. The predicted molar refractivity (Wildman–Crippen MR) is 82.8 cm³/mol. The van der Waals surface area contributed by atoms with Gasteiger partial charge < -0.3 is 5.32 Å². The van der Waals surface area contributed by atoms with Crippen molar-refractivity contribution < 1.29 is 4.79 Å². The molecule has 0 radical (unpaired) electrons. The lowest BCUT2D eigenvalue weighted by atomic mass is 9.87. The lowest BCUT2D eigenvalue weighted by Crippen LogP contribution is -2.37. The molecule has 0 heterocycles. The Balaban J connectivity index is 1.79. The third kappa shape index (κ3) is 2.69. The molecule has 0 unspecified atom stereocenters. The van der Waals surface area contributed by atoms with Crippen molar-refractivity contribution in [2.75, 3.05) is 0 Å². The number of carbonyl (C=O) groups is 1. The van der Waals surface area contributed by atoms with Crippen LogP contribution in [-0.4, -0.2) is 11.9 Å². The molecule has 3 rings (SSSR count). The van der Waals surface area contributed by atoms with Gasteiger partial charge in [-0.1, -0.05) is 43.3 Å². The summed E-state index contributed by atoms with van der Waals surface area (Å²) in [6.07, 6.45) is 4.66. The molecule has 1 aliphatic rings. The summed E-state index contributed by atoms with van der Waals surface area (Å²) in [6, 6.07) is 14.3. The summed E-state index contributed by atoms with van der Waals surface area (Å²) in [4.78, 5) is 12.5. The first-order valence-electron chi connectivity index (χ1n) is 7.52. The highest BCUT2D eigenvalue weighted by Crippen LogP contribution is 2.24. The quantitative estimate of drug-likeness (QED) is 0.870. The van der Waals surface area contributed by atoms with E-state index in [0.29, 0.717) is 6.04 Å². The fourth-order valence-electron chi connectivity index (χ4n) is 3.09. The van der Waals surface area contributed by atoms with Crippen LogP contribution in [0.4, 0.5) is 0 Å². The fraction of sp³-hybridized carbons (Fsp3) is 0.389. The highest BCUT2D eigenvalue weighted by atomic mass is 16.1. The normalized spacial score (nSPS) is 22.6. The first kappa shape index (κ1) is 13.2. The minimum atomic E-state index is 0.0707. The average molecular weight is 267 g/mol. The van der Waals surface area contributed by atoms with Crippen LogP contribution in [0.25, 0.3) is 10.8 Å². The number of amides is 1. The number of rotatable bonds is 2. The van der Waals surface area contributed by atoms with Gasteiger partial charge in [0.25, 0.3) is 5.91 Å². The van der Waals surface area contributed by atoms with E-state index in [0.717, 1.165) is 35.1 Å². The zero-order valence-corrected chi connectivity index (χ0v) is 11.9. The van der Waals surface area contributed by atoms with Crippen molar-refractivity contribution in [1.82, 2.24) is 5.32 Å². The lowest BCUT2D eigenvalue weighted by Gasteiger charge is -2.27. The first-order valence-corrected chi connectivity index (χ1v) is 7.52. The van der Waals surface area contributed by atoms with Crippen LogP contribution < -0.4 is 5.32 Å². The summed E-state index contributed by atoms with van der Waals surface area (Å²) in [7, 11) is 0. The Kier molecular flexibility index (Phi) is 3.72. The van der Waals surface area contributed by atoms with Crippen LogP contribution in [-0.2, 0) is 0 Å². The van der Waals surface area contributed by atoms with Crippen LogP contribution in [0.5, 0.6) is 0 Å². The van der Waals surface area contributed by atoms with E-state index in [1.807, 2.05) is 30.3 Å². The molecule has 2 nitrogen and oxygen atoms in total. The van der Waals surface area contributed by atoms with E-state index >= 15 is 0 Å². The molecule has 0 aromatic heterocycles. The van der Waals surface area contributed by atoms with Gasteiger partial charge >= 0.3 is 0 Å². The minimum absolute atomic E-state index is 0.0707. The van der Waals surface area contributed by atoms with E-state index in [-0.39, 0.29) is 5.91 Å². The Morgan fingerprint density at radius 1 is 1.00 bits per heavy atom. The molecule has 1 amide bonds. The van der Waals surface area contributed by atoms with E-state index in [9.17, 15) is 4.79 Å². The van der Waals surface area contributed by atoms with Gasteiger partial charge in [-0.05, 0) is 48.4 Å². The number of carbonyl (C=O) groups excluding carboxylic acids is 1. The Hall–Kier alpha value is -1.83. The van der Waals surface area contributed by atoms with Crippen molar-refractivity contribution in [2.45, 2.75) is 38.6 Å². The van der Waals surface area contributed by atoms with Crippen molar-refractivity contribution in [3.05, 3.63) is 48.0 Å². The molecule has 1 fully saturated rings. The number of benzene rings is 2. The summed E-state index contributed by atoms with van der Waals surface area (Å²) >= 11 is 0. The molecule has 104 valence electrons. The Morgan fingerprint density at radius 2 is 1.70 bits per heavy atom. The van der Waals surface area contributed by atoms with Gasteiger partial charge in [0, 0.05) is 11.6 Å². The highest BCUT2D eigenvalue weighted by Gasteiger charge is 2.20. The molecule has 0 saturated heterocycles. The largest absolute Gasteiger partial charge is 0.349 e. The second kappa shape index (κ2) is 5.66. The van der Waals surface area contributed by atoms with Gasteiger partial charge in [-0.25, -0.2) is 0 Å². The topological polar surface area (TPSA) is 29.1 Å². The van der Waals surface area contributed by atoms with Gasteiger partial charge in [0.1, 0.15) is 0 Å². The standard InChI is InChI=1S/C18H21NO/c1-13-9-11-15(12-10-13)19-18(20)17-8-4-6-14-5-2-3-7-16(14)17/h2-8,13,15H,9-12H2,1H3,(H,19,20). The number of hydrogen-bond acceptors (Lipinski definition) is 1. The maximum Gasteiger partial charge on any atom is 0.252 e. The van der Waals surface area contributed by atoms with Gasteiger partial charge in [0.2, 0.25) is 0 Å². The number of hydrogen-bond donors (Lipinski definition) is 1. The number of nitrogens with one attached hydrogen (secondary N) is 1. The van der Waals surface area contributed by atoms with Crippen LogP contribution in [0.1, 0.15) is 43.0 Å². The molecule has 0 bridgehead atoms. The summed E-state index contributed by atoms with van der Waals surface area (Å²) in [6.45, 7) is 2.29. The van der Waals surface area contributed by atoms with E-state index in [1.54, 1.807) is 0 Å². The molecular weight excluding hydrogens is 246 g/mol. The second-order valence-corrected chi connectivity index (χ2v) is 5.96. The van der Waals surface area contributed by atoms with Crippen molar-refractivity contribution in [2.24, 2.45) is 5.92 Å². The molecule has 1 aliphatic carbocycles. The molecule has 2 aromatic carbocycles. The molecule has 0 spiro atoms. The SMILES string of the molecule is CC1CCC(NC(=O)c2cccc3ccccc23)CC1. The van der Waals surface area contributed by atoms with Gasteiger partial charge in [0.15, 0.2) is 0 Å². The number of fused-ring (bicyclic) bond motifs is 1. The van der Waals surface area contributed by atoms with E-state index in [2.05, 4.69) is 24.4 Å². The summed E-state index contributed by atoms with van der Waals surface area (Å²) in [5.74, 6) is 0.877. The molecule has 1 saturated carbocycles. The predicted octanol–water partition coefficient (Wildman–Crippen LogP) is 4.15. The molecule has 2 heteroatoms. The van der Waals surface area contributed by atoms with Crippen LogP contribution in [0.15, 0.2) is 42.5 Å². The van der Waals surface area contributed by atoms with Gasteiger partial charge in [0.05, 0.1) is 0 Å². The van der Waals surface area contributed by atoms with E-state index < -0.39 is 0 Å². The van der Waals surface area contributed by atoms with Crippen molar-refractivity contribution in [3.8, 4) is 0 Å². The van der Waals surface area contributed by atoms with E-state index in [4.69, 9.17) is 0 Å². The Labute approximate surface area is 120 Å². The molecule has 2 aromatic rings. The van der Waals surface area contributed by atoms with Crippen molar-refractivity contribution in [3.63, 3.8) is 0 Å². The smallest absolute Gasteiger partial charge is 0.252 e. The third-order valence-corrected chi connectivity index (χ3v) is 4.39. The molecule has 0 atom stereocenters. The first-order chi connectivity index (χ1) is 9.74. The molecule has 20 heavy (non-hydrogen) atoms. The maximum absolute atomic E-state index is 12.5. The van der Waals surface area contributed by atoms with Crippen molar-refractivity contribution in [1.29, 1.82) is 0 Å². The van der Waals surface area contributed by atoms with E-state index in [1.165, 1.54) is 12.8 Å². The second-order valence-electron chi connectivity index (χ2n) is 5.96. The van der Waals surface area contributed by atoms with Gasteiger partial charge in [-0.2, -0.15) is 0 Å². The summed E-state index contributed by atoms with van der Waals surface area (Å²) < 4.78 is 0. The monoisotopic (exact) mass is 267 g/mol. The third-order valence-electron chi connectivity index (χ3n) is 4.39. The van der Waals surface area contributed by atoms with Crippen molar-refractivity contribution >= 4 is 16.7 Å². The van der Waals surface area contributed by atoms with Crippen LogP contribution in [0, 0.1) is 5.92 Å². The lowest BCUT2D eigenvalue weighted by molar-refractivity contribution is 0.0924. The molecule has 0 aliphatic heterocycles. The van der Waals surface area contributed by atoms with Crippen LogP contribution in [0.3, 0.4) is 0 Å². The average Bonchev–Trinajstić information content (AvgIpc) is 2.49. The summed E-state index contributed by atoms with van der Waals surface area (Å²) in [5.41, 5.74) is 0.793. The Bertz CT molecular complexity index is 606. The minimum Gasteiger partial charge on any atom is -0.349 e. The van der Waals surface area contributed by atoms with Crippen LogP contribution >= 0.6 is 0 Å². The van der Waals surface area contributed by atoms with Gasteiger partial charge in [-0.3, -0.25) is 4.79 Å².